The Morgan fingerprint density at radius 3 is 1.86 bits per heavy atom. The quantitative estimate of drug-likeness (QED) is 0.0783. The fourth-order valence-electron chi connectivity index (χ4n) is 4.30. The Morgan fingerprint density at radius 2 is 1.33 bits per heavy atom. The summed E-state index contributed by atoms with van der Waals surface area (Å²) in [6.45, 7) is 4.46. The van der Waals surface area contributed by atoms with Crippen molar-refractivity contribution < 1.29 is 53.8 Å². The molecule has 49 heavy (non-hydrogen) atoms. The van der Waals surface area contributed by atoms with Gasteiger partial charge in [-0.25, -0.2) is 0 Å². The van der Waals surface area contributed by atoms with Crippen molar-refractivity contribution >= 4 is 52.8 Å². The van der Waals surface area contributed by atoms with E-state index in [0.29, 0.717) is 5.56 Å². The number of nitro groups is 1. The van der Waals surface area contributed by atoms with Crippen LogP contribution in [0.1, 0.15) is 45.6 Å². The number of hydrogen-bond donors (Lipinski definition) is 8. The minimum atomic E-state index is -1.61. The Kier molecular flexibility index (Phi) is 14.6. The second kappa shape index (κ2) is 18.3. The summed E-state index contributed by atoms with van der Waals surface area (Å²) < 4.78 is 0. The first-order valence-electron chi connectivity index (χ1n) is 14.9. The van der Waals surface area contributed by atoms with E-state index in [9.17, 15) is 53.9 Å². The fraction of sp³-hybridized carbons (Fsp3) is 0.387. The van der Waals surface area contributed by atoms with Crippen molar-refractivity contribution in [3.8, 4) is 5.75 Å². The first kappa shape index (κ1) is 39.1. The monoisotopic (exact) mass is 686 g/mol. The maximum atomic E-state index is 13.4. The van der Waals surface area contributed by atoms with Crippen LogP contribution in [0.15, 0.2) is 48.5 Å². The van der Waals surface area contributed by atoms with Gasteiger partial charge in [0.15, 0.2) is 0 Å². The molecule has 0 unspecified atom stereocenters. The second-order valence-electron chi connectivity index (χ2n) is 11.3. The molecule has 0 saturated carbocycles. The molecule has 0 aromatic heterocycles. The van der Waals surface area contributed by atoms with E-state index in [0.717, 1.165) is 12.1 Å². The summed E-state index contributed by atoms with van der Waals surface area (Å²) in [7, 11) is 0. The lowest BCUT2D eigenvalue weighted by molar-refractivity contribution is -0.384. The molecular weight excluding hydrogens is 648 g/mol. The summed E-state index contributed by atoms with van der Waals surface area (Å²) in [5.74, 6) is -7.48. The lowest BCUT2D eigenvalue weighted by Crippen LogP contribution is -2.59. The first-order chi connectivity index (χ1) is 23.0. The molecule has 2 aromatic rings. The molecule has 0 spiro atoms. The maximum Gasteiger partial charge on any atom is 0.305 e. The Bertz CT molecular complexity index is 1550. The zero-order valence-electron chi connectivity index (χ0n) is 26.8. The number of aromatic hydroxyl groups is 1. The van der Waals surface area contributed by atoms with Crippen molar-refractivity contribution in [3.05, 3.63) is 64.2 Å². The topological polar surface area (TPSA) is 283 Å². The van der Waals surface area contributed by atoms with Crippen molar-refractivity contribution in [3.63, 3.8) is 0 Å². The Balaban J connectivity index is 2.13. The minimum Gasteiger partial charge on any atom is -0.508 e. The fourth-order valence-corrected chi connectivity index (χ4v) is 4.30. The number of amides is 5. The molecule has 0 bridgehead atoms. The molecule has 5 amide bonds. The van der Waals surface area contributed by atoms with Crippen LogP contribution in [0.2, 0.25) is 0 Å². The molecule has 0 aliphatic rings. The summed E-state index contributed by atoms with van der Waals surface area (Å²) in [5, 5.41) is 50.6. The average Bonchev–Trinajstić information content (AvgIpc) is 3.02. The number of carboxylic acid groups (broad SMARTS) is 2. The molecule has 264 valence electrons. The number of phenolic OH excluding ortho intramolecular Hbond substituents is 1. The van der Waals surface area contributed by atoms with Gasteiger partial charge in [-0.15, -0.1) is 0 Å². The van der Waals surface area contributed by atoms with E-state index in [-0.39, 0.29) is 23.5 Å². The Morgan fingerprint density at radius 1 is 0.714 bits per heavy atom. The number of aliphatic carboxylic acids is 2. The van der Waals surface area contributed by atoms with Gasteiger partial charge in [-0.2, -0.15) is 0 Å². The summed E-state index contributed by atoms with van der Waals surface area (Å²) >= 11 is 0. The number of hydrogen-bond acceptors (Lipinski definition) is 10. The minimum absolute atomic E-state index is 0.0376. The number of benzene rings is 2. The number of carbonyl (C=O) groups is 7. The van der Waals surface area contributed by atoms with Gasteiger partial charge < -0.3 is 41.9 Å². The molecule has 4 atom stereocenters. The molecule has 18 heteroatoms. The van der Waals surface area contributed by atoms with Crippen LogP contribution in [0.3, 0.4) is 0 Å². The van der Waals surface area contributed by atoms with Crippen LogP contribution in [0.5, 0.6) is 5.75 Å². The number of carboxylic acids is 2. The van der Waals surface area contributed by atoms with Crippen molar-refractivity contribution in [2.45, 2.75) is 70.6 Å². The van der Waals surface area contributed by atoms with E-state index in [2.05, 4.69) is 26.6 Å². The van der Waals surface area contributed by atoms with E-state index < -0.39 is 95.7 Å². The predicted octanol–water partition coefficient (Wildman–Crippen LogP) is 0.436. The average molecular weight is 687 g/mol. The van der Waals surface area contributed by atoms with Crippen LogP contribution in [-0.4, -0.2) is 85.9 Å². The number of nitrogens with zero attached hydrogens (tertiary/aromatic N) is 1. The van der Waals surface area contributed by atoms with E-state index in [1.165, 1.54) is 43.3 Å². The molecule has 2 aromatic carbocycles. The van der Waals surface area contributed by atoms with Gasteiger partial charge in [0.25, 0.3) is 5.69 Å². The molecule has 2 rings (SSSR count). The number of rotatable bonds is 18. The summed E-state index contributed by atoms with van der Waals surface area (Å²) in [5.41, 5.74) is 0.377. The van der Waals surface area contributed by atoms with Gasteiger partial charge in [-0.05, 0) is 42.7 Å². The number of carbonyl (C=O) groups excluding carboxylic acids is 5. The van der Waals surface area contributed by atoms with E-state index >= 15 is 0 Å². The lowest BCUT2D eigenvalue weighted by Gasteiger charge is -2.27. The highest BCUT2D eigenvalue weighted by Gasteiger charge is 2.32. The highest BCUT2D eigenvalue weighted by Crippen LogP contribution is 2.16. The molecule has 0 heterocycles. The smallest absolute Gasteiger partial charge is 0.305 e. The third-order valence-electron chi connectivity index (χ3n) is 6.95. The summed E-state index contributed by atoms with van der Waals surface area (Å²) in [6.07, 6.45) is -1.81. The van der Waals surface area contributed by atoms with Crippen molar-refractivity contribution in [2.24, 2.45) is 5.92 Å². The van der Waals surface area contributed by atoms with Gasteiger partial charge in [0.1, 0.15) is 29.9 Å². The number of anilines is 1. The lowest BCUT2D eigenvalue weighted by atomic mass is 10.0. The molecule has 0 aliphatic carbocycles. The standard InChI is InChI=1S/C31H38N6O12/c1-16(2)27(36-30(46)22(34-24(39)12-13-25(40)41)14-18-4-10-21(38)11-5-18)31(47)32-17(3)28(44)35-23(15-26(42)43)29(45)33-19-6-8-20(9-7-19)37(48)49/h4-11,16-17,22-23,27,38H,12-15H2,1-3H3,(H,32,47)(H,33,45)(H,34,39)(H,35,44)(H,36,46)(H,40,41)(H,42,43)/t17-,22-,23-,27-/m0/s1. The Hall–Kier alpha value is -6.07. The molecule has 8 N–H and O–H groups in total. The van der Waals surface area contributed by atoms with Crippen molar-refractivity contribution in [1.82, 2.24) is 21.3 Å². The molecule has 0 saturated heterocycles. The van der Waals surface area contributed by atoms with E-state index in [4.69, 9.17) is 5.11 Å². The van der Waals surface area contributed by atoms with E-state index in [1.807, 2.05) is 0 Å². The Labute approximate surface area is 279 Å². The summed E-state index contributed by atoms with van der Waals surface area (Å²) in [4.78, 5) is 97.3. The molecule has 0 aliphatic heterocycles. The first-order valence-corrected chi connectivity index (χ1v) is 14.9. The van der Waals surface area contributed by atoms with Crippen molar-refractivity contribution in [1.29, 1.82) is 0 Å². The van der Waals surface area contributed by atoms with Crippen LogP contribution in [0.25, 0.3) is 0 Å². The van der Waals surface area contributed by atoms with Crippen LogP contribution in [0.4, 0.5) is 11.4 Å². The van der Waals surface area contributed by atoms with Crippen molar-refractivity contribution in [2.75, 3.05) is 5.32 Å². The van der Waals surface area contributed by atoms with Gasteiger partial charge in [0.2, 0.25) is 29.5 Å². The van der Waals surface area contributed by atoms with Gasteiger partial charge in [-0.3, -0.25) is 43.7 Å². The van der Waals surface area contributed by atoms with Gasteiger partial charge in [0, 0.05) is 30.7 Å². The third-order valence-corrected chi connectivity index (χ3v) is 6.95. The zero-order valence-corrected chi connectivity index (χ0v) is 26.8. The van der Waals surface area contributed by atoms with Crippen LogP contribution in [0, 0.1) is 16.0 Å². The van der Waals surface area contributed by atoms with Gasteiger partial charge >= 0.3 is 11.9 Å². The van der Waals surface area contributed by atoms with Crippen LogP contribution >= 0.6 is 0 Å². The predicted molar refractivity (Wildman–Crippen MR) is 171 cm³/mol. The highest BCUT2D eigenvalue weighted by molar-refractivity contribution is 6.00. The molecule has 18 nitrogen and oxygen atoms in total. The normalized spacial score (nSPS) is 13.1. The second-order valence-corrected chi connectivity index (χ2v) is 11.3. The SMILES string of the molecule is CC(C)[C@H](NC(=O)[C@H](Cc1ccc(O)cc1)NC(=O)CCC(=O)O)C(=O)N[C@@H](C)C(=O)N[C@@H](CC(=O)O)C(=O)Nc1ccc([N+](=O)[O-])cc1. The molecule has 0 fully saturated rings. The van der Waals surface area contributed by atoms with E-state index in [1.54, 1.807) is 13.8 Å². The van der Waals surface area contributed by atoms with Gasteiger partial charge in [0.05, 0.1) is 17.8 Å². The summed E-state index contributed by atoms with van der Waals surface area (Å²) in [6, 6.07) is 4.98. The maximum absolute atomic E-state index is 13.4. The number of non-ortho nitro benzene ring substituents is 1. The number of nitro benzene ring substituents is 1. The van der Waals surface area contributed by atoms with Crippen LogP contribution < -0.4 is 26.6 Å². The molecule has 0 radical (unpaired) electrons. The number of phenols is 1. The highest BCUT2D eigenvalue weighted by atomic mass is 16.6. The number of nitrogens with one attached hydrogen (secondary N) is 5. The van der Waals surface area contributed by atoms with Crippen LogP contribution in [-0.2, 0) is 40.0 Å². The van der Waals surface area contributed by atoms with Gasteiger partial charge in [-0.1, -0.05) is 26.0 Å². The third kappa shape index (κ3) is 13.3. The largest absolute Gasteiger partial charge is 0.508 e. The molecular formula is C31H38N6O12. The zero-order chi connectivity index (χ0) is 36.8.